The second kappa shape index (κ2) is 5.26. The van der Waals surface area contributed by atoms with Crippen molar-refractivity contribution in [3.05, 3.63) is 41.2 Å². The van der Waals surface area contributed by atoms with E-state index in [2.05, 4.69) is 24.1 Å². The quantitative estimate of drug-likeness (QED) is 0.788. The van der Waals surface area contributed by atoms with Crippen molar-refractivity contribution in [2.45, 2.75) is 45.1 Å². The molecule has 0 saturated heterocycles. The van der Waals surface area contributed by atoms with Crippen molar-refractivity contribution in [3.8, 4) is 0 Å². The van der Waals surface area contributed by atoms with Gasteiger partial charge in [0.1, 0.15) is 0 Å². The van der Waals surface area contributed by atoms with E-state index < -0.39 is 0 Å². The minimum atomic E-state index is 0.0817. The third-order valence-electron chi connectivity index (χ3n) is 3.38. The molecule has 86 valence electrons. The van der Waals surface area contributed by atoms with Crippen LogP contribution in [-0.4, -0.2) is 4.98 Å². The number of hydrogen-bond acceptors (Lipinski definition) is 2. The van der Waals surface area contributed by atoms with Crippen LogP contribution in [0.1, 0.15) is 49.8 Å². The molecule has 1 aromatic heterocycles. The molecule has 1 heterocycles. The molecule has 2 N–H and O–H groups in total. The van der Waals surface area contributed by atoms with Gasteiger partial charge >= 0.3 is 0 Å². The Morgan fingerprint density at radius 3 is 3.00 bits per heavy atom. The molecular weight excluding hydrogens is 196 g/mol. The zero-order valence-corrected chi connectivity index (χ0v) is 9.95. The first kappa shape index (κ1) is 11.3. The van der Waals surface area contributed by atoms with Crippen molar-refractivity contribution in [1.29, 1.82) is 0 Å². The van der Waals surface area contributed by atoms with Gasteiger partial charge in [0.2, 0.25) is 0 Å². The van der Waals surface area contributed by atoms with Crippen molar-refractivity contribution in [3.63, 3.8) is 0 Å². The fourth-order valence-corrected chi connectivity index (χ4v) is 2.38. The lowest BCUT2D eigenvalue weighted by molar-refractivity contribution is 0.645. The Bertz CT molecular complexity index is 382. The largest absolute Gasteiger partial charge is 0.321 e. The Morgan fingerprint density at radius 1 is 1.44 bits per heavy atom. The van der Waals surface area contributed by atoms with E-state index in [-0.39, 0.29) is 6.04 Å². The maximum Gasteiger partial charge on any atom is 0.0514 e. The first-order chi connectivity index (χ1) is 7.83. The predicted octanol–water partition coefficient (Wildman–Crippen LogP) is 3.14. The Balaban J connectivity index is 2.25. The second-order valence-corrected chi connectivity index (χ2v) is 4.43. The molecule has 2 nitrogen and oxygen atoms in total. The zero-order chi connectivity index (χ0) is 11.4. The van der Waals surface area contributed by atoms with Gasteiger partial charge in [-0.3, -0.25) is 4.98 Å². The fraction of sp³-hybridized carbons (Fsp3) is 0.500. The molecule has 16 heavy (non-hydrogen) atoms. The number of aryl methyl sites for hydroxylation is 1. The highest BCUT2D eigenvalue weighted by Crippen LogP contribution is 2.29. The molecule has 1 aromatic rings. The number of nitrogens with two attached hydrogens (primary N) is 1. The molecule has 1 aliphatic rings. The summed E-state index contributed by atoms with van der Waals surface area (Å²) in [4.78, 5) is 4.17. The van der Waals surface area contributed by atoms with E-state index in [1.165, 1.54) is 36.0 Å². The van der Waals surface area contributed by atoms with Gasteiger partial charge in [-0.25, -0.2) is 0 Å². The summed E-state index contributed by atoms with van der Waals surface area (Å²) in [5.74, 6) is 0. The topological polar surface area (TPSA) is 38.9 Å². The van der Waals surface area contributed by atoms with Crippen LogP contribution in [0.2, 0.25) is 0 Å². The smallest absolute Gasteiger partial charge is 0.0514 e. The van der Waals surface area contributed by atoms with Crippen LogP contribution in [0.5, 0.6) is 0 Å². The number of allylic oxidation sites excluding steroid dienone is 1. The zero-order valence-electron chi connectivity index (χ0n) is 9.95. The lowest BCUT2D eigenvalue weighted by atomic mass is 9.88. The number of pyridine rings is 1. The van der Waals surface area contributed by atoms with Crippen molar-refractivity contribution < 1.29 is 0 Å². The lowest BCUT2D eigenvalue weighted by Gasteiger charge is -2.21. The third kappa shape index (κ3) is 2.33. The Morgan fingerprint density at radius 2 is 2.31 bits per heavy atom. The molecule has 0 radical (unpaired) electrons. The van der Waals surface area contributed by atoms with E-state index in [0.29, 0.717) is 0 Å². The van der Waals surface area contributed by atoms with Gasteiger partial charge in [0.25, 0.3) is 0 Å². The monoisotopic (exact) mass is 216 g/mol. The molecule has 0 fully saturated rings. The normalized spacial score (nSPS) is 18.0. The summed E-state index contributed by atoms with van der Waals surface area (Å²) in [6.07, 6.45) is 12.1. The maximum absolute atomic E-state index is 6.35. The summed E-state index contributed by atoms with van der Waals surface area (Å²) in [5, 5.41) is 0. The fourth-order valence-electron chi connectivity index (χ4n) is 2.38. The molecule has 0 aliphatic heterocycles. The molecule has 0 spiro atoms. The molecular formula is C14H20N2. The van der Waals surface area contributed by atoms with Crippen LogP contribution >= 0.6 is 0 Å². The van der Waals surface area contributed by atoms with Crippen molar-refractivity contribution in [2.75, 3.05) is 0 Å². The van der Waals surface area contributed by atoms with E-state index in [4.69, 9.17) is 5.73 Å². The van der Waals surface area contributed by atoms with Gasteiger partial charge in [-0.05, 0) is 49.3 Å². The highest BCUT2D eigenvalue weighted by Gasteiger charge is 2.16. The highest BCUT2D eigenvalue weighted by molar-refractivity contribution is 5.33. The molecule has 0 bridgehead atoms. The van der Waals surface area contributed by atoms with Crippen molar-refractivity contribution >= 4 is 0 Å². The maximum atomic E-state index is 6.35. The van der Waals surface area contributed by atoms with Crippen molar-refractivity contribution in [2.24, 2.45) is 5.73 Å². The van der Waals surface area contributed by atoms with Gasteiger partial charge in [0.05, 0.1) is 6.04 Å². The summed E-state index contributed by atoms with van der Waals surface area (Å²) >= 11 is 0. The van der Waals surface area contributed by atoms with E-state index in [1.807, 2.05) is 12.4 Å². The van der Waals surface area contributed by atoms with Crippen LogP contribution in [-0.2, 0) is 6.42 Å². The average Bonchev–Trinajstić information content (AvgIpc) is 2.39. The third-order valence-corrected chi connectivity index (χ3v) is 3.38. The number of nitrogens with zero attached hydrogens (tertiary/aromatic N) is 1. The SMILES string of the molecule is CCc1cnccc1C(N)C1=CCCCC1. The Labute approximate surface area is 97.6 Å². The first-order valence-electron chi connectivity index (χ1n) is 6.20. The van der Waals surface area contributed by atoms with Crippen LogP contribution in [0.3, 0.4) is 0 Å². The first-order valence-corrected chi connectivity index (χ1v) is 6.20. The van der Waals surface area contributed by atoms with Crippen molar-refractivity contribution in [1.82, 2.24) is 4.98 Å². The molecule has 0 amide bonds. The lowest BCUT2D eigenvalue weighted by Crippen LogP contribution is -2.16. The molecule has 0 saturated carbocycles. The molecule has 1 atom stereocenters. The average molecular weight is 216 g/mol. The summed E-state index contributed by atoms with van der Waals surface area (Å²) in [6.45, 7) is 2.16. The molecule has 0 aromatic carbocycles. The molecule has 1 unspecified atom stereocenters. The van der Waals surface area contributed by atoms with Gasteiger partial charge in [-0.15, -0.1) is 0 Å². The number of hydrogen-bond donors (Lipinski definition) is 1. The van der Waals surface area contributed by atoms with Gasteiger partial charge < -0.3 is 5.73 Å². The van der Waals surface area contributed by atoms with E-state index in [9.17, 15) is 0 Å². The Kier molecular flexibility index (Phi) is 3.73. The summed E-state index contributed by atoms with van der Waals surface area (Å²) in [7, 11) is 0. The molecule has 2 heteroatoms. The van der Waals surface area contributed by atoms with E-state index >= 15 is 0 Å². The van der Waals surface area contributed by atoms with Crippen LogP contribution in [0.25, 0.3) is 0 Å². The molecule has 1 aliphatic carbocycles. The minimum absolute atomic E-state index is 0.0817. The van der Waals surface area contributed by atoms with E-state index in [0.717, 1.165) is 12.8 Å². The summed E-state index contributed by atoms with van der Waals surface area (Å²) in [5.41, 5.74) is 10.3. The van der Waals surface area contributed by atoms with Gasteiger partial charge in [-0.1, -0.05) is 18.6 Å². The summed E-state index contributed by atoms with van der Waals surface area (Å²) < 4.78 is 0. The van der Waals surface area contributed by atoms with Gasteiger partial charge in [-0.2, -0.15) is 0 Å². The van der Waals surface area contributed by atoms with Crippen LogP contribution in [0.4, 0.5) is 0 Å². The Hall–Kier alpha value is -1.15. The number of aromatic nitrogens is 1. The standard InChI is InChI=1S/C14H20N2/c1-2-11-10-16-9-8-13(11)14(15)12-6-4-3-5-7-12/h6,8-10,14H,2-5,7,15H2,1H3. The van der Waals surface area contributed by atoms with Gasteiger partial charge in [0, 0.05) is 12.4 Å². The summed E-state index contributed by atoms with van der Waals surface area (Å²) in [6, 6.07) is 2.15. The second-order valence-electron chi connectivity index (χ2n) is 4.43. The predicted molar refractivity (Wildman–Crippen MR) is 67.1 cm³/mol. The number of rotatable bonds is 3. The van der Waals surface area contributed by atoms with Crippen LogP contribution < -0.4 is 5.73 Å². The van der Waals surface area contributed by atoms with Gasteiger partial charge in [0.15, 0.2) is 0 Å². The minimum Gasteiger partial charge on any atom is -0.321 e. The molecule has 2 rings (SSSR count). The van der Waals surface area contributed by atoms with Crippen LogP contribution in [0, 0.1) is 0 Å². The highest BCUT2D eigenvalue weighted by atomic mass is 14.7. The van der Waals surface area contributed by atoms with E-state index in [1.54, 1.807) is 0 Å². The van der Waals surface area contributed by atoms with Crippen LogP contribution in [0.15, 0.2) is 30.1 Å².